The van der Waals surface area contributed by atoms with Gasteiger partial charge in [0.25, 0.3) is 11.8 Å². The average Bonchev–Trinajstić information content (AvgIpc) is 2.72. The third-order valence-corrected chi connectivity index (χ3v) is 4.26. The summed E-state index contributed by atoms with van der Waals surface area (Å²) in [7, 11) is 0. The van der Waals surface area contributed by atoms with Gasteiger partial charge in [-0.3, -0.25) is 15.0 Å². The van der Waals surface area contributed by atoms with E-state index in [4.69, 9.17) is 29.0 Å². The zero-order valence-corrected chi connectivity index (χ0v) is 11.8. The van der Waals surface area contributed by atoms with Crippen LogP contribution in [0.2, 0.25) is 10.0 Å². The molecular weight excluding hydrogens is 309 g/mol. The Morgan fingerprint density at radius 3 is 2.74 bits per heavy atom. The van der Waals surface area contributed by atoms with E-state index < -0.39 is 11.8 Å². The molecule has 0 fully saturated rings. The highest BCUT2D eigenvalue weighted by molar-refractivity contribution is 7.21. The van der Waals surface area contributed by atoms with Gasteiger partial charge in [-0.25, -0.2) is 5.84 Å². The fraction of sp³-hybridized carbons (Fsp3) is 0.0909. The standard InChI is InChI=1S/C11H9Cl2N3O2S/c12-5-1-2-6-7(3-5)19-10(9(6)13)11(18)15-4-8(17)16-14/h1-3H,4,14H2,(H,15,18)(H,16,17). The van der Waals surface area contributed by atoms with Crippen LogP contribution in [0, 0.1) is 0 Å². The molecule has 0 saturated carbocycles. The highest BCUT2D eigenvalue weighted by Gasteiger charge is 2.17. The van der Waals surface area contributed by atoms with E-state index >= 15 is 0 Å². The lowest BCUT2D eigenvalue weighted by atomic mass is 10.2. The molecule has 2 aromatic rings. The van der Waals surface area contributed by atoms with E-state index in [1.807, 2.05) is 5.43 Å². The zero-order valence-electron chi connectivity index (χ0n) is 9.50. The second kappa shape index (κ2) is 5.75. The van der Waals surface area contributed by atoms with Gasteiger partial charge in [-0.2, -0.15) is 0 Å². The second-order valence-electron chi connectivity index (χ2n) is 3.64. The number of hydrogen-bond acceptors (Lipinski definition) is 4. The van der Waals surface area contributed by atoms with Crippen LogP contribution in [0.4, 0.5) is 0 Å². The monoisotopic (exact) mass is 317 g/mol. The lowest BCUT2D eigenvalue weighted by molar-refractivity contribution is -0.120. The largest absolute Gasteiger partial charge is 0.342 e. The summed E-state index contributed by atoms with van der Waals surface area (Å²) in [5, 5.41) is 4.10. The van der Waals surface area contributed by atoms with Crippen LogP contribution in [0.1, 0.15) is 9.67 Å². The summed E-state index contributed by atoms with van der Waals surface area (Å²) >= 11 is 13.2. The maximum Gasteiger partial charge on any atom is 0.263 e. The van der Waals surface area contributed by atoms with Gasteiger partial charge >= 0.3 is 0 Å². The number of carbonyl (C=O) groups excluding carboxylic acids is 2. The van der Waals surface area contributed by atoms with Crippen LogP contribution < -0.4 is 16.6 Å². The molecule has 1 aromatic carbocycles. The highest BCUT2D eigenvalue weighted by atomic mass is 35.5. The summed E-state index contributed by atoms with van der Waals surface area (Å²) in [6.45, 7) is -0.208. The quantitative estimate of drug-likeness (QED) is 0.459. The number of amides is 2. The van der Waals surface area contributed by atoms with Crippen molar-refractivity contribution >= 4 is 56.4 Å². The predicted octanol–water partition coefficient (Wildman–Crippen LogP) is 1.93. The molecule has 0 aliphatic rings. The molecule has 0 radical (unpaired) electrons. The molecule has 5 nitrogen and oxygen atoms in total. The summed E-state index contributed by atoms with van der Waals surface area (Å²) in [6, 6.07) is 5.18. The Kier molecular flexibility index (Phi) is 4.26. The Hall–Kier alpha value is -1.34. The van der Waals surface area contributed by atoms with Crippen LogP contribution in [0.25, 0.3) is 10.1 Å². The van der Waals surface area contributed by atoms with Gasteiger partial charge < -0.3 is 5.32 Å². The van der Waals surface area contributed by atoms with Crippen molar-refractivity contribution in [3.63, 3.8) is 0 Å². The molecule has 100 valence electrons. The van der Waals surface area contributed by atoms with Crippen molar-refractivity contribution in [2.45, 2.75) is 0 Å². The number of hydrazine groups is 1. The van der Waals surface area contributed by atoms with E-state index in [0.29, 0.717) is 14.9 Å². The van der Waals surface area contributed by atoms with Gasteiger partial charge in [0.2, 0.25) is 0 Å². The first-order valence-electron chi connectivity index (χ1n) is 5.18. The van der Waals surface area contributed by atoms with Crippen molar-refractivity contribution in [1.29, 1.82) is 0 Å². The minimum atomic E-state index is -0.492. The van der Waals surface area contributed by atoms with Crippen LogP contribution >= 0.6 is 34.5 Å². The van der Waals surface area contributed by atoms with Crippen molar-refractivity contribution < 1.29 is 9.59 Å². The van der Waals surface area contributed by atoms with Gasteiger partial charge in [0.1, 0.15) is 4.88 Å². The molecule has 0 spiro atoms. The summed E-state index contributed by atoms with van der Waals surface area (Å²) in [4.78, 5) is 23.2. The van der Waals surface area contributed by atoms with Crippen molar-refractivity contribution in [2.24, 2.45) is 5.84 Å². The topological polar surface area (TPSA) is 84.2 Å². The number of thiophene rings is 1. The molecule has 0 unspecified atom stereocenters. The van der Waals surface area contributed by atoms with Gasteiger partial charge in [-0.15, -0.1) is 11.3 Å². The number of halogens is 2. The number of benzene rings is 1. The molecule has 19 heavy (non-hydrogen) atoms. The molecule has 0 saturated heterocycles. The number of rotatable bonds is 3. The number of carbonyl (C=O) groups is 2. The van der Waals surface area contributed by atoms with Gasteiger partial charge in [0.05, 0.1) is 11.6 Å². The molecule has 0 atom stereocenters. The van der Waals surface area contributed by atoms with Gasteiger partial charge in [-0.05, 0) is 12.1 Å². The predicted molar refractivity (Wildman–Crippen MR) is 76.5 cm³/mol. The Morgan fingerprint density at radius 2 is 2.05 bits per heavy atom. The number of hydrogen-bond donors (Lipinski definition) is 3. The number of nitrogens with one attached hydrogen (secondary N) is 2. The van der Waals surface area contributed by atoms with E-state index in [0.717, 1.165) is 10.1 Å². The lowest BCUT2D eigenvalue weighted by Gasteiger charge is -2.02. The van der Waals surface area contributed by atoms with Gasteiger partial charge in [-0.1, -0.05) is 29.3 Å². The minimum Gasteiger partial charge on any atom is -0.342 e. The SMILES string of the molecule is NNC(=O)CNC(=O)c1sc2cc(Cl)ccc2c1Cl. The van der Waals surface area contributed by atoms with Crippen molar-refractivity contribution in [2.75, 3.05) is 6.54 Å². The van der Waals surface area contributed by atoms with Crippen molar-refractivity contribution in [1.82, 2.24) is 10.7 Å². The third kappa shape index (κ3) is 2.98. The van der Waals surface area contributed by atoms with Crippen LogP contribution in [0.3, 0.4) is 0 Å². The lowest BCUT2D eigenvalue weighted by Crippen LogP contribution is -2.40. The molecule has 0 bridgehead atoms. The van der Waals surface area contributed by atoms with Gasteiger partial charge in [0, 0.05) is 15.1 Å². The highest BCUT2D eigenvalue weighted by Crippen LogP contribution is 2.36. The summed E-state index contributed by atoms with van der Waals surface area (Å²) in [6.07, 6.45) is 0. The van der Waals surface area contributed by atoms with Crippen molar-refractivity contribution in [3.8, 4) is 0 Å². The summed E-state index contributed by atoms with van der Waals surface area (Å²) in [5.74, 6) is 4.00. The van der Waals surface area contributed by atoms with Crippen molar-refractivity contribution in [3.05, 3.63) is 33.1 Å². The van der Waals surface area contributed by atoms with Crippen LogP contribution in [-0.4, -0.2) is 18.4 Å². The Bertz CT molecular complexity index is 657. The third-order valence-electron chi connectivity index (χ3n) is 2.37. The summed E-state index contributed by atoms with van der Waals surface area (Å²) < 4.78 is 0.811. The molecule has 1 aromatic heterocycles. The summed E-state index contributed by atoms with van der Waals surface area (Å²) in [5.41, 5.74) is 1.92. The molecule has 8 heteroatoms. The first kappa shape index (κ1) is 14.1. The maximum atomic E-state index is 11.9. The van der Waals surface area contributed by atoms with E-state index in [1.165, 1.54) is 11.3 Å². The minimum absolute atomic E-state index is 0.208. The van der Waals surface area contributed by atoms with Crippen LogP contribution in [0.5, 0.6) is 0 Å². The molecule has 1 heterocycles. The fourth-order valence-electron chi connectivity index (χ4n) is 1.48. The number of nitrogens with two attached hydrogens (primary N) is 1. The average molecular weight is 318 g/mol. The fourth-order valence-corrected chi connectivity index (χ4v) is 3.19. The van der Waals surface area contributed by atoms with E-state index in [1.54, 1.807) is 18.2 Å². The smallest absolute Gasteiger partial charge is 0.263 e. The normalized spacial score (nSPS) is 10.5. The second-order valence-corrected chi connectivity index (χ2v) is 5.50. The zero-order chi connectivity index (χ0) is 14.0. The molecular formula is C11H9Cl2N3O2S. The van der Waals surface area contributed by atoms with E-state index in [9.17, 15) is 9.59 Å². The molecule has 0 aliphatic carbocycles. The Balaban J connectivity index is 2.27. The van der Waals surface area contributed by atoms with Gasteiger partial charge in [0.15, 0.2) is 0 Å². The first-order chi connectivity index (χ1) is 9.02. The Morgan fingerprint density at radius 1 is 1.32 bits per heavy atom. The number of fused-ring (bicyclic) bond motifs is 1. The maximum absolute atomic E-state index is 11.9. The Labute approximate surface area is 122 Å². The van der Waals surface area contributed by atoms with Crippen LogP contribution in [0.15, 0.2) is 18.2 Å². The van der Waals surface area contributed by atoms with E-state index in [2.05, 4.69) is 5.32 Å². The molecule has 2 amide bonds. The molecule has 2 rings (SSSR count). The van der Waals surface area contributed by atoms with Crippen LogP contribution in [-0.2, 0) is 4.79 Å². The molecule has 4 N–H and O–H groups in total. The van der Waals surface area contributed by atoms with E-state index in [-0.39, 0.29) is 6.54 Å². The first-order valence-corrected chi connectivity index (χ1v) is 6.75. The molecule has 0 aliphatic heterocycles.